The van der Waals surface area contributed by atoms with Crippen LogP contribution in [0.5, 0.6) is 0 Å². The SMILES string of the molecule is C=C/C=C\NC=C.CC. The van der Waals surface area contributed by atoms with Crippen LogP contribution < -0.4 is 5.32 Å². The summed E-state index contributed by atoms with van der Waals surface area (Å²) < 4.78 is 0. The maximum atomic E-state index is 3.47. The number of nitrogens with one attached hydrogen (secondary N) is 1. The minimum atomic E-state index is 1.60. The highest BCUT2D eigenvalue weighted by Gasteiger charge is 1.54. The lowest BCUT2D eigenvalue weighted by Crippen LogP contribution is -1.87. The molecule has 1 heteroatoms. The normalized spacial score (nSPS) is 7.33. The minimum Gasteiger partial charge on any atom is -0.368 e. The van der Waals surface area contributed by atoms with Crippen LogP contribution in [0.2, 0.25) is 0 Å². The molecule has 0 unspecified atom stereocenters. The maximum Gasteiger partial charge on any atom is 0.000397 e. The highest BCUT2D eigenvalue weighted by atomic mass is 14.8. The summed E-state index contributed by atoms with van der Waals surface area (Å²) >= 11 is 0. The van der Waals surface area contributed by atoms with Gasteiger partial charge in [0.1, 0.15) is 0 Å². The van der Waals surface area contributed by atoms with Gasteiger partial charge in [-0.1, -0.05) is 33.1 Å². The first-order chi connectivity index (χ1) is 4.41. The third kappa shape index (κ3) is 19.4. The second kappa shape index (κ2) is 15.7. The number of hydrogen-bond donors (Lipinski definition) is 1. The lowest BCUT2D eigenvalue weighted by molar-refractivity contribution is 1.20. The van der Waals surface area contributed by atoms with Gasteiger partial charge in [-0.05, 0) is 12.3 Å². The first-order valence-corrected chi connectivity index (χ1v) is 3.06. The summed E-state index contributed by atoms with van der Waals surface area (Å²) in [6.45, 7) is 10.9. The van der Waals surface area contributed by atoms with Crippen molar-refractivity contribution in [3.63, 3.8) is 0 Å². The third-order valence-corrected chi connectivity index (χ3v) is 0.446. The summed E-state index contributed by atoms with van der Waals surface area (Å²) in [7, 11) is 0. The molecule has 0 aliphatic rings. The van der Waals surface area contributed by atoms with Gasteiger partial charge in [-0.15, -0.1) is 0 Å². The number of hydrogen-bond acceptors (Lipinski definition) is 1. The van der Waals surface area contributed by atoms with Gasteiger partial charge in [0.15, 0.2) is 0 Å². The van der Waals surface area contributed by atoms with Gasteiger partial charge in [0.25, 0.3) is 0 Å². The summed E-state index contributed by atoms with van der Waals surface area (Å²) in [5.41, 5.74) is 0. The molecule has 0 aromatic carbocycles. The van der Waals surface area contributed by atoms with Crippen LogP contribution in [0.4, 0.5) is 0 Å². The van der Waals surface area contributed by atoms with Crippen molar-refractivity contribution in [3.05, 3.63) is 37.7 Å². The molecule has 9 heavy (non-hydrogen) atoms. The van der Waals surface area contributed by atoms with Crippen molar-refractivity contribution in [3.8, 4) is 0 Å². The van der Waals surface area contributed by atoms with Crippen molar-refractivity contribution < 1.29 is 0 Å². The molecule has 0 fully saturated rings. The standard InChI is InChI=1S/C6H9N.C2H6/c1-3-5-6-7-4-2;1-2/h3-7H,1-2H2;1-2H3/b6-5-;. The van der Waals surface area contributed by atoms with Gasteiger partial charge >= 0.3 is 0 Å². The average molecular weight is 125 g/mol. The molecule has 0 aromatic rings. The van der Waals surface area contributed by atoms with Gasteiger partial charge in [-0.3, -0.25) is 0 Å². The molecule has 0 heterocycles. The highest BCUT2D eigenvalue weighted by molar-refractivity contribution is 4.97. The van der Waals surface area contributed by atoms with E-state index in [2.05, 4.69) is 18.5 Å². The highest BCUT2D eigenvalue weighted by Crippen LogP contribution is 1.64. The fraction of sp³-hybridized carbons (Fsp3) is 0.250. The van der Waals surface area contributed by atoms with Crippen LogP contribution in [0.25, 0.3) is 0 Å². The van der Waals surface area contributed by atoms with Crippen LogP contribution in [-0.2, 0) is 0 Å². The van der Waals surface area contributed by atoms with Crippen LogP contribution in [0.15, 0.2) is 37.7 Å². The van der Waals surface area contributed by atoms with E-state index >= 15 is 0 Å². The van der Waals surface area contributed by atoms with Gasteiger partial charge in [-0.2, -0.15) is 0 Å². The molecule has 0 atom stereocenters. The number of allylic oxidation sites excluding steroid dienone is 2. The predicted octanol–water partition coefficient (Wildman–Crippen LogP) is 2.45. The Bertz CT molecular complexity index is 82.6. The summed E-state index contributed by atoms with van der Waals surface area (Å²) in [5, 5.41) is 2.76. The Balaban J connectivity index is 0. The van der Waals surface area contributed by atoms with Gasteiger partial charge in [0, 0.05) is 6.20 Å². The molecule has 1 nitrogen and oxygen atoms in total. The largest absolute Gasteiger partial charge is 0.368 e. The van der Waals surface area contributed by atoms with E-state index in [1.807, 2.05) is 13.8 Å². The van der Waals surface area contributed by atoms with E-state index in [0.29, 0.717) is 0 Å². The lowest BCUT2D eigenvalue weighted by Gasteiger charge is -1.79. The molecule has 0 rings (SSSR count). The Hall–Kier alpha value is -0.980. The molecule has 0 aliphatic heterocycles. The summed E-state index contributed by atoms with van der Waals surface area (Å²) in [4.78, 5) is 0. The zero-order valence-electron chi connectivity index (χ0n) is 6.22. The third-order valence-electron chi connectivity index (χ3n) is 0.446. The van der Waals surface area contributed by atoms with Gasteiger partial charge in [-0.25, -0.2) is 0 Å². The molecule has 52 valence electrons. The maximum absolute atomic E-state index is 3.47. The fourth-order valence-corrected chi connectivity index (χ4v) is 0.192. The van der Waals surface area contributed by atoms with Gasteiger partial charge in [0.05, 0.1) is 0 Å². The Morgan fingerprint density at radius 3 is 2.11 bits per heavy atom. The summed E-state index contributed by atoms with van der Waals surface area (Å²) in [6, 6.07) is 0. The van der Waals surface area contributed by atoms with Crippen molar-refractivity contribution in [2.45, 2.75) is 13.8 Å². The zero-order chi connectivity index (χ0) is 7.54. The number of rotatable bonds is 3. The Labute approximate surface area is 57.8 Å². The first kappa shape index (κ1) is 10.9. The van der Waals surface area contributed by atoms with Crippen LogP contribution in [0, 0.1) is 0 Å². The van der Waals surface area contributed by atoms with Gasteiger partial charge < -0.3 is 5.32 Å². The molecule has 0 radical (unpaired) electrons. The Morgan fingerprint density at radius 2 is 1.78 bits per heavy atom. The minimum absolute atomic E-state index is 1.60. The second-order valence-corrected chi connectivity index (χ2v) is 0.966. The molecular weight excluding hydrogens is 110 g/mol. The van der Waals surface area contributed by atoms with E-state index in [1.54, 1.807) is 24.6 Å². The second-order valence-electron chi connectivity index (χ2n) is 0.966. The Kier molecular flexibility index (Phi) is 19.1. The van der Waals surface area contributed by atoms with Crippen molar-refractivity contribution >= 4 is 0 Å². The molecule has 0 saturated carbocycles. The zero-order valence-corrected chi connectivity index (χ0v) is 6.22. The lowest BCUT2D eigenvalue weighted by atomic mass is 10.6. The molecule has 1 N–H and O–H groups in total. The topological polar surface area (TPSA) is 12.0 Å². The van der Waals surface area contributed by atoms with Crippen LogP contribution in [0.1, 0.15) is 13.8 Å². The molecule has 0 aliphatic carbocycles. The molecule has 0 aromatic heterocycles. The first-order valence-electron chi connectivity index (χ1n) is 3.06. The van der Waals surface area contributed by atoms with Crippen molar-refractivity contribution in [2.24, 2.45) is 0 Å². The van der Waals surface area contributed by atoms with Crippen molar-refractivity contribution in [1.29, 1.82) is 0 Å². The van der Waals surface area contributed by atoms with Crippen LogP contribution in [-0.4, -0.2) is 0 Å². The van der Waals surface area contributed by atoms with Crippen molar-refractivity contribution in [2.75, 3.05) is 0 Å². The quantitative estimate of drug-likeness (QED) is 0.571. The van der Waals surface area contributed by atoms with E-state index in [-0.39, 0.29) is 0 Å². The van der Waals surface area contributed by atoms with Crippen LogP contribution in [0.3, 0.4) is 0 Å². The average Bonchev–Trinajstić information content (AvgIpc) is 1.94. The van der Waals surface area contributed by atoms with Crippen molar-refractivity contribution in [1.82, 2.24) is 5.32 Å². The van der Waals surface area contributed by atoms with Gasteiger partial charge in [0.2, 0.25) is 0 Å². The van der Waals surface area contributed by atoms with E-state index in [0.717, 1.165) is 0 Å². The molecular formula is C8H15N. The molecule has 0 amide bonds. The van der Waals surface area contributed by atoms with E-state index < -0.39 is 0 Å². The smallest absolute Gasteiger partial charge is 0.000397 e. The molecule has 0 bridgehead atoms. The van der Waals surface area contributed by atoms with E-state index in [9.17, 15) is 0 Å². The molecule has 0 saturated heterocycles. The summed E-state index contributed by atoms with van der Waals surface area (Å²) in [6.07, 6.45) is 6.83. The predicted molar refractivity (Wildman–Crippen MR) is 44.0 cm³/mol. The van der Waals surface area contributed by atoms with Crippen LogP contribution >= 0.6 is 0 Å². The summed E-state index contributed by atoms with van der Waals surface area (Å²) in [5.74, 6) is 0. The fourth-order valence-electron chi connectivity index (χ4n) is 0.192. The molecule has 0 spiro atoms. The monoisotopic (exact) mass is 125 g/mol. The van der Waals surface area contributed by atoms with E-state index in [4.69, 9.17) is 0 Å². The van der Waals surface area contributed by atoms with E-state index in [1.165, 1.54) is 0 Å². The Morgan fingerprint density at radius 1 is 1.22 bits per heavy atom.